The van der Waals surface area contributed by atoms with Crippen LogP contribution in [0.25, 0.3) is 11.0 Å². The summed E-state index contributed by atoms with van der Waals surface area (Å²) >= 11 is 0. The first-order valence-corrected chi connectivity index (χ1v) is 10.5. The van der Waals surface area contributed by atoms with Gasteiger partial charge in [0.25, 0.3) is 5.91 Å². The van der Waals surface area contributed by atoms with Gasteiger partial charge in [-0.05, 0) is 25.5 Å². The van der Waals surface area contributed by atoms with Crippen LogP contribution in [0.3, 0.4) is 0 Å². The van der Waals surface area contributed by atoms with Crippen molar-refractivity contribution in [2.75, 3.05) is 17.3 Å². The second kappa shape index (κ2) is 7.89. The number of nitrogens with zero attached hydrogens (tertiary/aromatic N) is 4. The van der Waals surface area contributed by atoms with Crippen molar-refractivity contribution >= 4 is 32.6 Å². The summed E-state index contributed by atoms with van der Waals surface area (Å²) in [6, 6.07) is 3.46. The van der Waals surface area contributed by atoms with Crippen LogP contribution in [-0.2, 0) is 14.6 Å². The van der Waals surface area contributed by atoms with Crippen LogP contribution >= 0.6 is 0 Å². The Morgan fingerprint density at radius 1 is 1.25 bits per heavy atom. The maximum absolute atomic E-state index is 12.7. The lowest BCUT2D eigenvalue weighted by Crippen LogP contribution is -2.35. The zero-order valence-corrected chi connectivity index (χ0v) is 16.4. The summed E-state index contributed by atoms with van der Waals surface area (Å²) in [6.07, 6.45) is 3.07. The molecule has 3 rings (SSSR count). The number of aromatic nitrogens is 5. The molecular formula is C17H20N6O4S. The summed E-state index contributed by atoms with van der Waals surface area (Å²) in [5, 5.41) is 9.76. The van der Waals surface area contributed by atoms with Gasteiger partial charge in [0.1, 0.15) is 26.9 Å². The molecule has 1 amide bonds. The fraction of sp³-hybridized carbons (Fsp3) is 0.353. The number of hydrogen-bond acceptors (Lipinski definition) is 8. The molecule has 0 radical (unpaired) electrons. The largest absolute Gasteiger partial charge is 0.464 e. The molecule has 0 aliphatic heterocycles. The van der Waals surface area contributed by atoms with Gasteiger partial charge in [-0.3, -0.25) is 9.89 Å². The quantitative estimate of drug-likeness (QED) is 0.598. The predicted octanol–water partition coefficient (Wildman–Crippen LogP) is 1.19. The van der Waals surface area contributed by atoms with E-state index in [0.29, 0.717) is 22.7 Å². The lowest BCUT2D eigenvalue weighted by atomic mass is 10.2. The van der Waals surface area contributed by atoms with Crippen LogP contribution in [0.2, 0.25) is 0 Å². The SMILES string of the molecule is Cc1ccc(NC(=O)C(CCS(C)(=O)=O)Oc2nc(C)nc3[nH]ncc23)nc1. The molecule has 0 spiro atoms. The van der Waals surface area contributed by atoms with Crippen molar-refractivity contribution in [2.24, 2.45) is 0 Å². The number of sulfone groups is 1. The van der Waals surface area contributed by atoms with Crippen molar-refractivity contribution in [3.8, 4) is 5.88 Å². The van der Waals surface area contributed by atoms with Gasteiger partial charge in [0, 0.05) is 18.9 Å². The summed E-state index contributed by atoms with van der Waals surface area (Å²) in [5.41, 5.74) is 1.41. The van der Waals surface area contributed by atoms with Gasteiger partial charge >= 0.3 is 0 Å². The first-order chi connectivity index (χ1) is 13.2. The Bertz CT molecular complexity index is 1090. The number of nitrogens with one attached hydrogen (secondary N) is 2. The number of rotatable bonds is 7. The number of anilines is 1. The van der Waals surface area contributed by atoms with Crippen LogP contribution in [0.1, 0.15) is 17.8 Å². The number of H-pyrrole nitrogens is 1. The van der Waals surface area contributed by atoms with E-state index in [2.05, 4.69) is 30.5 Å². The summed E-state index contributed by atoms with van der Waals surface area (Å²) in [6.45, 7) is 3.55. The van der Waals surface area contributed by atoms with E-state index in [9.17, 15) is 13.2 Å². The number of pyridine rings is 1. The number of amides is 1. The Balaban J connectivity index is 1.86. The number of aromatic amines is 1. The highest BCUT2D eigenvalue weighted by Gasteiger charge is 2.25. The molecule has 0 fully saturated rings. The monoisotopic (exact) mass is 404 g/mol. The Labute approximate surface area is 161 Å². The molecule has 0 aliphatic rings. The van der Waals surface area contributed by atoms with Crippen molar-refractivity contribution < 1.29 is 17.9 Å². The molecule has 0 saturated carbocycles. The van der Waals surface area contributed by atoms with E-state index < -0.39 is 21.8 Å². The highest BCUT2D eigenvalue weighted by molar-refractivity contribution is 7.90. The molecule has 28 heavy (non-hydrogen) atoms. The van der Waals surface area contributed by atoms with Crippen LogP contribution in [0, 0.1) is 13.8 Å². The molecule has 1 atom stereocenters. The van der Waals surface area contributed by atoms with Gasteiger partial charge < -0.3 is 10.1 Å². The van der Waals surface area contributed by atoms with Gasteiger partial charge in [0.15, 0.2) is 11.8 Å². The van der Waals surface area contributed by atoms with Crippen molar-refractivity contribution in [1.82, 2.24) is 25.1 Å². The third kappa shape index (κ3) is 5.00. The Kier molecular flexibility index (Phi) is 5.54. The number of carbonyl (C=O) groups excluding carboxylic acids is 1. The Hall–Kier alpha value is -3.08. The van der Waals surface area contributed by atoms with E-state index in [4.69, 9.17) is 4.74 Å². The molecule has 0 bridgehead atoms. The first kappa shape index (κ1) is 19.7. The van der Waals surface area contributed by atoms with E-state index in [0.717, 1.165) is 11.8 Å². The summed E-state index contributed by atoms with van der Waals surface area (Å²) < 4.78 is 29.0. The maximum atomic E-state index is 12.7. The number of aryl methyl sites for hydroxylation is 2. The number of fused-ring (bicyclic) bond motifs is 1. The van der Waals surface area contributed by atoms with Crippen molar-refractivity contribution in [3.63, 3.8) is 0 Å². The fourth-order valence-corrected chi connectivity index (χ4v) is 3.09. The minimum Gasteiger partial charge on any atom is -0.464 e. The van der Waals surface area contributed by atoms with Crippen molar-refractivity contribution in [2.45, 2.75) is 26.4 Å². The van der Waals surface area contributed by atoms with E-state index in [-0.39, 0.29) is 18.1 Å². The molecule has 0 saturated heterocycles. The van der Waals surface area contributed by atoms with Crippen molar-refractivity contribution in [1.29, 1.82) is 0 Å². The fourth-order valence-electron chi connectivity index (χ4n) is 2.45. The zero-order valence-electron chi connectivity index (χ0n) is 15.6. The Morgan fingerprint density at radius 3 is 2.71 bits per heavy atom. The smallest absolute Gasteiger partial charge is 0.266 e. The molecule has 0 aliphatic carbocycles. The average Bonchev–Trinajstić information content (AvgIpc) is 3.08. The van der Waals surface area contributed by atoms with Gasteiger partial charge in [0.05, 0.1) is 11.9 Å². The van der Waals surface area contributed by atoms with E-state index in [1.165, 1.54) is 6.20 Å². The van der Waals surface area contributed by atoms with Crippen LogP contribution in [0.15, 0.2) is 24.5 Å². The van der Waals surface area contributed by atoms with Crippen LogP contribution < -0.4 is 10.1 Å². The minimum absolute atomic E-state index is 0.0427. The minimum atomic E-state index is -3.29. The average molecular weight is 404 g/mol. The standard InChI is InChI=1S/C17H20N6O4S/c1-10-4-5-14(18-8-10)22-16(24)13(6-7-28(3,25)26)27-17-12-9-19-23-15(12)20-11(2)21-17/h4-5,8-9,13H,6-7H2,1-3H3,(H,18,22,24)(H,19,20,21,23). The number of ether oxygens (including phenoxy) is 1. The van der Waals surface area contributed by atoms with Crippen molar-refractivity contribution in [3.05, 3.63) is 35.9 Å². The van der Waals surface area contributed by atoms with Crippen LogP contribution in [-0.4, -0.2) is 57.6 Å². The molecule has 0 aromatic carbocycles. The van der Waals surface area contributed by atoms with E-state index >= 15 is 0 Å². The topological polar surface area (TPSA) is 140 Å². The van der Waals surface area contributed by atoms with Crippen LogP contribution in [0.4, 0.5) is 5.82 Å². The zero-order chi connectivity index (χ0) is 20.3. The van der Waals surface area contributed by atoms with Gasteiger partial charge in [-0.25, -0.2) is 18.4 Å². The highest BCUT2D eigenvalue weighted by Crippen LogP contribution is 2.22. The third-order valence-electron chi connectivity index (χ3n) is 3.85. The molecule has 148 valence electrons. The van der Waals surface area contributed by atoms with Gasteiger partial charge in [0.2, 0.25) is 5.88 Å². The predicted molar refractivity (Wildman–Crippen MR) is 103 cm³/mol. The molecule has 3 aromatic heterocycles. The molecule has 11 heteroatoms. The number of carbonyl (C=O) groups is 1. The van der Waals surface area contributed by atoms with Gasteiger partial charge in [-0.2, -0.15) is 10.1 Å². The van der Waals surface area contributed by atoms with E-state index in [1.807, 2.05) is 6.92 Å². The number of hydrogen-bond donors (Lipinski definition) is 2. The lowest BCUT2D eigenvalue weighted by molar-refractivity contribution is -0.122. The van der Waals surface area contributed by atoms with Crippen LogP contribution in [0.5, 0.6) is 5.88 Å². The molecule has 3 heterocycles. The molecule has 10 nitrogen and oxygen atoms in total. The second-order valence-electron chi connectivity index (χ2n) is 6.44. The second-order valence-corrected chi connectivity index (χ2v) is 8.70. The summed E-state index contributed by atoms with van der Waals surface area (Å²) in [4.78, 5) is 25.3. The summed E-state index contributed by atoms with van der Waals surface area (Å²) in [5.74, 6) is 0.185. The lowest BCUT2D eigenvalue weighted by Gasteiger charge is -2.18. The van der Waals surface area contributed by atoms with Gasteiger partial charge in [-0.1, -0.05) is 6.07 Å². The molecule has 2 N–H and O–H groups in total. The molecule has 3 aromatic rings. The normalized spacial score (nSPS) is 12.7. The first-order valence-electron chi connectivity index (χ1n) is 8.47. The highest BCUT2D eigenvalue weighted by atomic mass is 32.2. The molecular weight excluding hydrogens is 384 g/mol. The van der Waals surface area contributed by atoms with Gasteiger partial charge in [-0.15, -0.1) is 0 Å². The maximum Gasteiger partial charge on any atom is 0.266 e. The third-order valence-corrected chi connectivity index (χ3v) is 4.82. The Morgan fingerprint density at radius 2 is 2.04 bits per heavy atom. The summed E-state index contributed by atoms with van der Waals surface area (Å²) in [7, 11) is -3.29. The molecule has 1 unspecified atom stereocenters. The van der Waals surface area contributed by atoms with E-state index in [1.54, 1.807) is 25.3 Å².